The van der Waals surface area contributed by atoms with Gasteiger partial charge in [-0.1, -0.05) is 30.3 Å². The molecule has 0 saturated carbocycles. The molecule has 0 radical (unpaired) electrons. The number of carbonyl (C=O) groups excluding carboxylic acids is 2. The minimum Gasteiger partial charge on any atom is -0.358 e. The van der Waals surface area contributed by atoms with E-state index in [2.05, 4.69) is 26.0 Å². The average molecular weight is 399 g/mol. The van der Waals surface area contributed by atoms with E-state index in [1.54, 1.807) is 12.1 Å². The number of aryl methyl sites for hydroxylation is 2. The lowest BCUT2D eigenvalue weighted by molar-refractivity contribution is 0.0844. The lowest BCUT2D eigenvalue weighted by Crippen LogP contribution is -2.41. The van der Waals surface area contributed by atoms with Crippen molar-refractivity contribution < 1.29 is 9.59 Å². The van der Waals surface area contributed by atoms with Gasteiger partial charge < -0.3 is 4.98 Å². The van der Waals surface area contributed by atoms with Crippen LogP contribution >= 0.6 is 0 Å². The van der Waals surface area contributed by atoms with Crippen LogP contribution in [0, 0.1) is 0 Å². The highest BCUT2D eigenvalue weighted by molar-refractivity contribution is 6.01. The Morgan fingerprint density at radius 3 is 2.57 bits per heavy atom. The fourth-order valence-corrected chi connectivity index (χ4v) is 4.00. The van der Waals surface area contributed by atoms with E-state index < -0.39 is 5.91 Å². The van der Waals surface area contributed by atoms with Crippen LogP contribution in [0.4, 0.5) is 0 Å². The predicted molar refractivity (Wildman–Crippen MR) is 114 cm³/mol. The highest BCUT2D eigenvalue weighted by atomic mass is 16.2. The lowest BCUT2D eigenvalue weighted by atomic mass is 9.95. The SMILES string of the molecule is O=C(NNC(=O)c1cc(-c2ccccc2)n[nH]1)c1ccc2[nH]c3c(c2c1)CCCC3. The fourth-order valence-electron chi connectivity index (χ4n) is 4.00. The van der Waals surface area contributed by atoms with Crippen molar-refractivity contribution in [2.24, 2.45) is 0 Å². The number of amides is 2. The molecule has 7 heteroatoms. The van der Waals surface area contributed by atoms with Gasteiger partial charge in [-0.25, -0.2) is 0 Å². The summed E-state index contributed by atoms with van der Waals surface area (Å²) in [5, 5.41) is 7.95. The molecule has 0 fully saturated rings. The maximum absolute atomic E-state index is 12.6. The first-order valence-electron chi connectivity index (χ1n) is 10.0. The zero-order chi connectivity index (χ0) is 20.5. The summed E-state index contributed by atoms with van der Waals surface area (Å²) in [5.41, 5.74) is 10.9. The third-order valence-electron chi connectivity index (χ3n) is 5.54. The van der Waals surface area contributed by atoms with Crippen molar-refractivity contribution in [1.82, 2.24) is 26.0 Å². The molecular weight excluding hydrogens is 378 g/mol. The van der Waals surface area contributed by atoms with Gasteiger partial charge in [-0.3, -0.25) is 25.5 Å². The van der Waals surface area contributed by atoms with E-state index in [0.717, 1.165) is 29.3 Å². The second kappa shape index (κ2) is 7.51. The van der Waals surface area contributed by atoms with Gasteiger partial charge in [0.15, 0.2) is 0 Å². The van der Waals surface area contributed by atoms with E-state index in [1.165, 1.54) is 24.1 Å². The van der Waals surface area contributed by atoms with Gasteiger partial charge in [-0.15, -0.1) is 0 Å². The summed E-state index contributed by atoms with van der Waals surface area (Å²) >= 11 is 0. The molecule has 0 saturated heterocycles. The summed E-state index contributed by atoms with van der Waals surface area (Å²) in [4.78, 5) is 28.4. The predicted octanol–water partition coefficient (Wildman–Crippen LogP) is 3.51. The molecule has 0 bridgehead atoms. The molecule has 1 aliphatic carbocycles. The van der Waals surface area contributed by atoms with Crippen LogP contribution in [0.2, 0.25) is 0 Å². The van der Waals surface area contributed by atoms with Crippen molar-refractivity contribution in [2.75, 3.05) is 0 Å². The Kier molecular flexibility index (Phi) is 4.55. The van der Waals surface area contributed by atoms with Crippen LogP contribution in [0.25, 0.3) is 22.2 Å². The normalized spacial score (nSPS) is 13.1. The maximum atomic E-state index is 12.6. The Labute approximate surface area is 172 Å². The molecule has 4 aromatic rings. The van der Waals surface area contributed by atoms with Crippen LogP contribution in [0.5, 0.6) is 0 Å². The summed E-state index contributed by atoms with van der Waals surface area (Å²) in [5.74, 6) is -0.822. The summed E-state index contributed by atoms with van der Waals surface area (Å²) in [6.45, 7) is 0. The van der Waals surface area contributed by atoms with Crippen LogP contribution in [0.3, 0.4) is 0 Å². The van der Waals surface area contributed by atoms with E-state index in [-0.39, 0.29) is 11.6 Å². The molecule has 150 valence electrons. The largest absolute Gasteiger partial charge is 0.358 e. The van der Waals surface area contributed by atoms with Crippen LogP contribution in [-0.2, 0) is 12.8 Å². The van der Waals surface area contributed by atoms with E-state index in [9.17, 15) is 9.59 Å². The van der Waals surface area contributed by atoms with Crippen LogP contribution in [0.15, 0.2) is 54.6 Å². The average Bonchev–Trinajstić information content (AvgIpc) is 3.42. The number of rotatable bonds is 3. The molecule has 0 unspecified atom stereocenters. The number of aromatic amines is 2. The van der Waals surface area contributed by atoms with Crippen molar-refractivity contribution in [2.45, 2.75) is 25.7 Å². The zero-order valence-electron chi connectivity index (χ0n) is 16.3. The minimum absolute atomic E-state index is 0.268. The molecule has 2 amide bonds. The van der Waals surface area contributed by atoms with Crippen molar-refractivity contribution in [3.05, 3.63) is 77.1 Å². The number of nitrogens with zero attached hydrogens (tertiary/aromatic N) is 1. The van der Waals surface area contributed by atoms with Crippen molar-refractivity contribution in [3.8, 4) is 11.3 Å². The molecule has 0 spiro atoms. The molecular formula is C23H21N5O2. The monoisotopic (exact) mass is 399 g/mol. The quantitative estimate of drug-likeness (QED) is 0.396. The third-order valence-corrected chi connectivity index (χ3v) is 5.54. The Morgan fingerprint density at radius 2 is 1.70 bits per heavy atom. The van der Waals surface area contributed by atoms with Gasteiger partial charge in [0.05, 0.1) is 5.69 Å². The van der Waals surface area contributed by atoms with Gasteiger partial charge in [0.25, 0.3) is 11.8 Å². The van der Waals surface area contributed by atoms with Crippen LogP contribution in [0.1, 0.15) is 44.9 Å². The number of fused-ring (bicyclic) bond motifs is 3. The molecule has 0 atom stereocenters. The summed E-state index contributed by atoms with van der Waals surface area (Å²) in [6, 6.07) is 16.8. The maximum Gasteiger partial charge on any atom is 0.287 e. The van der Waals surface area contributed by atoms with Gasteiger partial charge in [0.1, 0.15) is 5.69 Å². The summed E-state index contributed by atoms with van der Waals surface area (Å²) in [7, 11) is 0. The van der Waals surface area contributed by atoms with Gasteiger partial charge >= 0.3 is 0 Å². The zero-order valence-corrected chi connectivity index (χ0v) is 16.3. The number of aromatic nitrogens is 3. The first kappa shape index (κ1) is 18.2. The van der Waals surface area contributed by atoms with Crippen molar-refractivity contribution in [3.63, 3.8) is 0 Å². The second-order valence-electron chi connectivity index (χ2n) is 7.49. The number of carbonyl (C=O) groups is 2. The first-order valence-corrected chi connectivity index (χ1v) is 10.0. The molecule has 5 rings (SSSR count). The third kappa shape index (κ3) is 3.34. The Hall–Kier alpha value is -3.87. The number of nitrogens with one attached hydrogen (secondary N) is 4. The molecule has 0 aliphatic heterocycles. The summed E-state index contributed by atoms with van der Waals surface area (Å²) < 4.78 is 0. The standard InChI is InChI=1S/C23H21N5O2/c29-22(15-10-11-19-17(12-15)16-8-4-5-9-18(16)24-19)27-28-23(30)21-13-20(25-26-21)14-6-2-1-3-7-14/h1-3,6-7,10-13,24H,4-5,8-9H2,(H,25,26)(H,27,29)(H,28,30). The number of hydrogen-bond donors (Lipinski definition) is 4. The number of benzene rings is 2. The Morgan fingerprint density at radius 1 is 0.900 bits per heavy atom. The molecule has 4 N–H and O–H groups in total. The first-order chi connectivity index (χ1) is 14.7. The second-order valence-corrected chi connectivity index (χ2v) is 7.49. The molecule has 2 aromatic heterocycles. The molecule has 1 aliphatic rings. The lowest BCUT2D eigenvalue weighted by Gasteiger charge is -2.10. The van der Waals surface area contributed by atoms with Crippen molar-refractivity contribution >= 4 is 22.7 Å². The minimum atomic E-state index is -0.460. The highest BCUT2D eigenvalue weighted by Crippen LogP contribution is 2.29. The van der Waals surface area contributed by atoms with Gasteiger partial charge in [-0.05, 0) is 55.5 Å². The van der Waals surface area contributed by atoms with Gasteiger partial charge in [0, 0.05) is 27.7 Å². The Balaban J connectivity index is 1.28. The highest BCUT2D eigenvalue weighted by Gasteiger charge is 2.17. The number of H-pyrrole nitrogens is 2. The summed E-state index contributed by atoms with van der Waals surface area (Å²) in [6.07, 6.45) is 4.44. The number of hydrazine groups is 1. The van der Waals surface area contributed by atoms with Crippen LogP contribution < -0.4 is 10.9 Å². The van der Waals surface area contributed by atoms with Gasteiger partial charge in [-0.2, -0.15) is 5.10 Å². The fraction of sp³-hybridized carbons (Fsp3) is 0.174. The Bertz CT molecular complexity index is 1240. The van der Waals surface area contributed by atoms with Gasteiger partial charge in [0.2, 0.25) is 0 Å². The van der Waals surface area contributed by atoms with Crippen molar-refractivity contribution in [1.29, 1.82) is 0 Å². The van der Waals surface area contributed by atoms with E-state index in [4.69, 9.17) is 0 Å². The smallest absolute Gasteiger partial charge is 0.287 e. The topological polar surface area (TPSA) is 103 Å². The number of hydrogen-bond acceptors (Lipinski definition) is 3. The molecule has 30 heavy (non-hydrogen) atoms. The van der Waals surface area contributed by atoms with E-state index in [0.29, 0.717) is 11.3 Å². The van der Waals surface area contributed by atoms with Crippen LogP contribution in [-0.4, -0.2) is 27.0 Å². The molecule has 2 aromatic carbocycles. The van der Waals surface area contributed by atoms with E-state index >= 15 is 0 Å². The van der Waals surface area contributed by atoms with E-state index in [1.807, 2.05) is 42.5 Å². The molecule has 2 heterocycles. The molecule has 7 nitrogen and oxygen atoms in total.